The van der Waals surface area contributed by atoms with Crippen LogP contribution in [-0.2, 0) is 0 Å². The minimum absolute atomic E-state index is 0.239. The molecule has 2 rings (SSSR count). The number of nitrogens with zero attached hydrogens (tertiary/aromatic N) is 2. The molecule has 0 aliphatic heterocycles. The van der Waals surface area contributed by atoms with Crippen LogP contribution in [0.3, 0.4) is 0 Å². The standard InChI is InChI=1S/C10H9FN2OS/c1-6-2-3-8(11)7(4-6)10(14)9-5-12-15-13-9/h2-5,10,14H,1H3. The van der Waals surface area contributed by atoms with Crippen molar-refractivity contribution >= 4 is 11.7 Å². The number of hydrogen-bond donors (Lipinski definition) is 1. The van der Waals surface area contributed by atoms with Crippen LogP contribution in [0.25, 0.3) is 0 Å². The van der Waals surface area contributed by atoms with Crippen molar-refractivity contribution in [2.24, 2.45) is 0 Å². The Bertz CT molecular complexity index is 458. The molecule has 1 aromatic carbocycles. The zero-order valence-electron chi connectivity index (χ0n) is 8.01. The van der Waals surface area contributed by atoms with Gasteiger partial charge in [-0.3, -0.25) is 0 Å². The Balaban J connectivity index is 2.41. The maximum absolute atomic E-state index is 13.4. The van der Waals surface area contributed by atoms with Crippen molar-refractivity contribution in [3.05, 3.63) is 47.0 Å². The monoisotopic (exact) mass is 224 g/mol. The topological polar surface area (TPSA) is 46.0 Å². The third-order valence-electron chi connectivity index (χ3n) is 2.10. The number of aromatic nitrogens is 2. The molecule has 1 atom stereocenters. The quantitative estimate of drug-likeness (QED) is 0.849. The Morgan fingerprint density at radius 3 is 2.93 bits per heavy atom. The van der Waals surface area contributed by atoms with Gasteiger partial charge in [0.05, 0.1) is 17.9 Å². The molecule has 5 heteroatoms. The summed E-state index contributed by atoms with van der Waals surface area (Å²) in [6.07, 6.45) is 0.403. The Labute approximate surface area is 90.5 Å². The first-order valence-corrected chi connectivity index (χ1v) is 5.13. The number of aryl methyl sites for hydroxylation is 1. The molecule has 0 spiro atoms. The fourth-order valence-corrected chi connectivity index (χ4v) is 1.77. The van der Waals surface area contributed by atoms with Crippen molar-refractivity contribution in [2.45, 2.75) is 13.0 Å². The lowest BCUT2D eigenvalue weighted by molar-refractivity contribution is 0.211. The van der Waals surface area contributed by atoms with Crippen LogP contribution in [0, 0.1) is 12.7 Å². The molecule has 0 bridgehead atoms. The highest BCUT2D eigenvalue weighted by molar-refractivity contribution is 6.99. The van der Waals surface area contributed by atoms with E-state index in [1.807, 2.05) is 6.92 Å². The van der Waals surface area contributed by atoms with Crippen LogP contribution in [0.15, 0.2) is 24.4 Å². The highest BCUT2D eigenvalue weighted by Gasteiger charge is 2.17. The van der Waals surface area contributed by atoms with Gasteiger partial charge in [0.15, 0.2) is 0 Å². The fraction of sp³-hybridized carbons (Fsp3) is 0.200. The number of hydrogen-bond acceptors (Lipinski definition) is 4. The summed E-state index contributed by atoms with van der Waals surface area (Å²) >= 11 is 0.990. The SMILES string of the molecule is Cc1ccc(F)c(C(O)c2cnsn2)c1. The number of rotatable bonds is 2. The van der Waals surface area contributed by atoms with Crippen LogP contribution >= 0.6 is 11.7 Å². The highest BCUT2D eigenvalue weighted by Crippen LogP contribution is 2.23. The zero-order valence-corrected chi connectivity index (χ0v) is 8.83. The summed E-state index contributed by atoms with van der Waals surface area (Å²) in [7, 11) is 0. The lowest BCUT2D eigenvalue weighted by Crippen LogP contribution is -2.03. The van der Waals surface area contributed by atoms with Crippen LogP contribution in [-0.4, -0.2) is 13.9 Å². The first-order valence-electron chi connectivity index (χ1n) is 4.40. The number of benzene rings is 1. The first kappa shape index (κ1) is 10.2. The smallest absolute Gasteiger partial charge is 0.129 e. The van der Waals surface area contributed by atoms with E-state index in [1.165, 1.54) is 12.3 Å². The van der Waals surface area contributed by atoms with E-state index in [9.17, 15) is 9.50 Å². The van der Waals surface area contributed by atoms with Gasteiger partial charge in [0.2, 0.25) is 0 Å². The summed E-state index contributed by atoms with van der Waals surface area (Å²) in [4.78, 5) is 0. The summed E-state index contributed by atoms with van der Waals surface area (Å²) in [6, 6.07) is 4.61. The molecule has 78 valence electrons. The molecule has 3 nitrogen and oxygen atoms in total. The Kier molecular flexibility index (Phi) is 2.75. The number of halogens is 1. The molecular weight excluding hydrogens is 215 g/mol. The average molecular weight is 224 g/mol. The molecule has 1 heterocycles. The van der Waals surface area contributed by atoms with Crippen LogP contribution in [0.2, 0.25) is 0 Å². The average Bonchev–Trinajstić information content (AvgIpc) is 2.74. The molecule has 0 saturated heterocycles. The van der Waals surface area contributed by atoms with Gasteiger partial charge in [-0.25, -0.2) is 4.39 Å². The first-order chi connectivity index (χ1) is 7.18. The van der Waals surface area contributed by atoms with E-state index in [1.54, 1.807) is 12.1 Å². The second-order valence-corrected chi connectivity index (χ2v) is 3.82. The molecule has 0 aliphatic carbocycles. The summed E-state index contributed by atoms with van der Waals surface area (Å²) < 4.78 is 21.1. The third kappa shape index (κ3) is 2.03. The van der Waals surface area contributed by atoms with Crippen molar-refractivity contribution in [3.8, 4) is 0 Å². The number of aliphatic hydroxyl groups excluding tert-OH is 1. The van der Waals surface area contributed by atoms with Gasteiger partial charge in [0, 0.05) is 5.56 Å². The normalized spacial score (nSPS) is 12.7. The minimum Gasteiger partial charge on any atom is -0.382 e. The maximum atomic E-state index is 13.4. The van der Waals surface area contributed by atoms with E-state index >= 15 is 0 Å². The molecule has 15 heavy (non-hydrogen) atoms. The lowest BCUT2D eigenvalue weighted by Gasteiger charge is -2.09. The molecule has 2 aromatic rings. The molecular formula is C10H9FN2OS. The van der Waals surface area contributed by atoms with Crippen molar-refractivity contribution < 1.29 is 9.50 Å². The van der Waals surface area contributed by atoms with Crippen LogP contribution in [0.5, 0.6) is 0 Å². The summed E-state index contributed by atoms with van der Waals surface area (Å²) in [5, 5.41) is 9.85. The van der Waals surface area contributed by atoms with Gasteiger partial charge in [0.25, 0.3) is 0 Å². The summed E-state index contributed by atoms with van der Waals surface area (Å²) in [6.45, 7) is 1.84. The van der Waals surface area contributed by atoms with E-state index in [4.69, 9.17) is 0 Å². The molecule has 0 fully saturated rings. The van der Waals surface area contributed by atoms with Crippen LogP contribution in [0.4, 0.5) is 4.39 Å². The van der Waals surface area contributed by atoms with Crippen molar-refractivity contribution in [2.75, 3.05) is 0 Å². The van der Waals surface area contributed by atoms with E-state index in [2.05, 4.69) is 8.75 Å². The Hall–Kier alpha value is -1.33. The third-order valence-corrected chi connectivity index (χ3v) is 2.60. The lowest BCUT2D eigenvalue weighted by atomic mass is 10.0. The minimum atomic E-state index is -1.04. The van der Waals surface area contributed by atoms with E-state index in [-0.39, 0.29) is 5.56 Å². The summed E-state index contributed by atoms with van der Waals surface area (Å²) in [5.74, 6) is -0.430. The predicted molar refractivity (Wildman–Crippen MR) is 55.1 cm³/mol. The predicted octanol–water partition coefficient (Wildman–Crippen LogP) is 2.07. The van der Waals surface area contributed by atoms with Gasteiger partial charge in [-0.1, -0.05) is 17.7 Å². The zero-order chi connectivity index (χ0) is 10.8. The molecule has 1 unspecified atom stereocenters. The van der Waals surface area contributed by atoms with E-state index in [0.717, 1.165) is 17.3 Å². The van der Waals surface area contributed by atoms with Crippen molar-refractivity contribution in [1.29, 1.82) is 0 Å². The van der Waals surface area contributed by atoms with Gasteiger partial charge in [-0.15, -0.1) is 0 Å². The fourth-order valence-electron chi connectivity index (χ4n) is 1.32. The van der Waals surface area contributed by atoms with Crippen molar-refractivity contribution in [3.63, 3.8) is 0 Å². The molecule has 1 N–H and O–H groups in total. The van der Waals surface area contributed by atoms with E-state index < -0.39 is 11.9 Å². The van der Waals surface area contributed by atoms with Gasteiger partial charge >= 0.3 is 0 Å². The Morgan fingerprint density at radius 2 is 2.27 bits per heavy atom. The van der Waals surface area contributed by atoms with Gasteiger partial charge in [-0.05, 0) is 13.0 Å². The molecule has 0 aliphatic rings. The second kappa shape index (κ2) is 4.04. The molecule has 1 aromatic heterocycles. The van der Waals surface area contributed by atoms with E-state index in [0.29, 0.717) is 5.69 Å². The largest absolute Gasteiger partial charge is 0.382 e. The summed E-state index contributed by atoms with van der Waals surface area (Å²) in [5.41, 5.74) is 1.51. The van der Waals surface area contributed by atoms with Crippen molar-refractivity contribution in [1.82, 2.24) is 8.75 Å². The highest BCUT2D eigenvalue weighted by atomic mass is 32.1. The number of aliphatic hydroxyl groups is 1. The molecule has 0 radical (unpaired) electrons. The van der Waals surface area contributed by atoms with Crippen LogP contribution < -0.4 is 0 Å². The molecule has 0 saturated carbocycles. The van der Waals surface area contributed by atoms with Gasteiger partial charge < -0.3 is 5.11 Å². The molecule has 0 amide bonds. The van der Waals surface area contributed by atoms with Gasteiger partial charge in [0.1, 0.15) is 17.6 Å². The van der Waals surface area contributed by atoms with Crippen LogP contribution in [0.1, 0.15) is 22.9 Å². The Morgan fingerprint density at radius 1 is 1.47 bits per heavy atom. The maximum Gasteiger partial charge on any atom is 0.129 e. The second-order valence-electron chi connectivity index (χ2n) is 3.26. The van der Waals surface area contributed by atoms with Gasteiger partial charge in [-0.2, -0.15) is 8.75 Å².